The molecule has 0 aromatic heterocycles. The van der Waals surface area contributed by atoms with Crippen molar-refractivity contribution in [3.05, 3.63) is 58.6 Å². The fourth-order valence-electron chi connectivity index (χ4n) is 1.87. The van der Waals surface area contributed by atoms with Crippen molar-refractivity contribution in [2.75, 3.05) is 5.32 Å². The van der Waals surface area contributed by atoms with Gasteiger partial charge in [-0.1, -0.05) is 0 Å². The van der Waals surface area contributed by atoms with Gasteiger partial charge in [0.25, 0.3) is 5.69 Å². The molecule has 0 fully saturated rings. The van der Waals surface area contributed by atoms with E-state index in [1.165, 1.54) is 24.3 Å². The van der Waals surface area contributed by atoms with E-state index in [9.17, 15) is 23.3 Å². The SMILES string of the molecule is NC(N)=NC(=O)Nc1ccc(S(=O)(=O)c2ccc([N+](=O)[O-])cc2)cc1. The first-order chi connectivity index (χ1) is 11.7. The van der Waals surface area contributed by atoms with Gasteiger partial charge in [0.1, 0.15) is 0 Å². The summed E-state index contributed by atoms with van der Waals surface area (Å²) in [4.78, 5) is 24.5. The summed E-state index contributed by atoms with van der Waals surface area (Å²) in [6, 6.07) is 9.00. The van der Waals surface area contributed by atoms with E-state index < -0.39 is 26.8 Å². The lowest BCUT2D eigenvalue weighted by molar-refractivity contribution is -0.384. The minimum absolute atomic E-state index is 0.0406. The Balaban J connectivity index is 2.24. The van der Waals surface area contributed by atoms with Crippen molar-refractivity contribution in [2.45, 2.75) is 9.79 Å². The molecular formula is C14H13N5O5S. The van der Waals surface area contributed by atoms with E-state index in [0.29, 0.717) is 0 Å². The van der Waals surface area contributed by atoms with Gasteiger partial charge < -0.3 is 16.8 Å². The molecule has 0 spiro atoms. The van der Waals surface area contributed by atoms with Crippen LogP contribution in [0.4, 0.5) is 16.2 Å². The second-order valence-corrected chi connectivity index (χ2v) is 6.70. The van der Waals surface area contributed by atoms with Gasteiger partial charge in [0.05, 0.1) is 14.7 Å². The number of nitro groups is 1. The van der Waals surface area contributed by atoms with Gasteiger partial charge >= 0.3 is 6.03 Å². The summed E-state index contributed by atoms with van der Waals surface area (Å²) in [5.41, 5.74) is 10.2. The highest BCUT2D eigenvalue weighted by atomic mass is 32.2. The first-order valence-corrected chi connectivity index (χ1v) is 8.18. The molecule has 10 nitrogen and oxygen atoms in total. The number of nitrogens with two attached hydrogens (primary N) is 2. The van der Waals surface area contributed by atoms with Crippen LogP contribution in [0.3, 0.4) is 0 Å². The maximum absolute atomic E-state index is 12.5. The average molecular weight is 363 g/mol. The normalized spacial score (nSPS) is 10.7. The first kappa shape index (κ1) is 17.9. The third kappa shape index (κ3) is 4.29. The summed E-state index contributed by atoms with van der Waals surface area (Å²) < 4.78 is 25.0. The fourth-order valence-corrected chi connectivity index (χ4v) is 3.13. The first-order valence-electron chi connectivity index (χ1n) is 6.70. The van der Waals surface area contributed by atoms with Crippen LogP contribution in [-0.2, 0) is 9.84 Å². The maximum Gasteiger partial charge on any atom is 0.348 e. The summed E-state index contributed by atoms with van der Waals surface area (Å²) in [5.74, 6) is -0.408. The Bertz CT molecular complexity index is 933. The Hall–Kier alpha value is -3.47. The van der Waals surface area contributed by atoms with Gasteiger partial charge in [-0.2, -0.15) is 4.99 Å². The van der Waals surface area contributed by atoms with Crippen LogP contribution in [0.15, 0.2) is 63.3 Å². The Labute approximate surface area is 142 Å². The van der Waals surface area contributed by atoms with Crippen molar-refractivity contribution in [1.82, 2.24) is 0 Å². The number of amides is 2. The van der Waals surface area contributed by atoms with Crippen molar-refractivity contribution >= 4 is 33.2 Å². The minimum Gasteiger partial charge on any atom is -0.370 e. The fraction of sp³-hybridized carbons (Fsp3) is 0. The van der Waals surface area contributed by atoms with Crippen molar-refractivity contribution in [2.24, 2.45) is 16.5 Å². The van der Waals surface area contributed by atoms with Crippen LogP contribution in [-0.4, -0.2) is 25.3 Å². The van der Waals surface area contributed by atoms with Crippen LogP contribution in [0, 0.1) is 10.1 Å². The lowest BCUT2D eigenvalue weighted by atomic mass is 10.3. The molecule has 0 bridgehead atoms. The largest absolute Gasteiger partial charge is 0.370 e. The van der Waals surface area contributed by atoms with Gasteiger partial charge in [-0.25, -0.2) is 13.2 Å². The molecule has 0 heterocycles. The third-order valence-corrected chi connectivity index (χ3v) is 4.79. The molecule has 0 saturated carbocycles. The number of guanidine groups is 1. The topological polar surface area (TPSA) is 171 Å². The second kappa shape index (κ2) is 6.97. The summed E-state index contributed by atoms with van der Waals surface area (Å²) >= 11 is 0. The number of hydrogen-bond donors (Lipinski definition) is 3. The standard InChI is InChI=1S/C14H13N5O5S/c15-13(16)18-14(20)17-9-1-5-11(6-2-9)25(23,24)12-7-3-10(4-8-12)19(21)22/h1-8H,(H5,15,16,17,18,20). The molecule has 0 aliphatic rings. The number of rotatable bonds is 4. The minimum atomic E-state index is -3.85. The van der Waals surface area contributed by atoms with Crippen LogP contribution >= 0.6 is 0 Å². The van der Waals surface area contributed by atoms with Gasteiger partial charge in [-0.05, 0) is 36.4 Å². The summed E-state index contributed by atoms with van der Waals surface area (Å²) in [6.45, 7) is 0. The molecule has 2 aromatic carbocycles. The Morgan fingerprint density at radius 3 is 1.92 bits per heavy atom. The monoisotopic (exact) mass is 363 g/mol. The number of carbonyl (C=O) groups is 1. The van der Waals surface area contributed by atoms with E-state index >= 15 is 0 Å². The zero-order valence-electron chi connectivity index (χ0n) is 12.6. The Kier molecular flexibility index (Phi) is 4.98. The van der Waals surface area contributed by atoms with E-state index in [1.807, 2.05) is 0 Å². The van der Waals surface area contributed by atoms with Crippen LogP contribution in [0.5, 0.6) is 0 Å². The van der Waals surface area contributed by atoms with Crippen molar-refractivity contribution in [3.8, 4) is 0 Å². The molecule has 2 amide bonds. The molecule has 5 N–H and O–H groups in total. The molecule has 2 aromatic rings. The molecule has 2 rings (SSSR count). The summed E-state index contributed by atoms with van der Waals surface area (Å²) in [6.07, 6.45) is 0. The molecule has 0 saturated heterocycles. The highest BCUT2D eigenvalue weighted by Gasteiger charge is 2.19. The highest BCUT2D eigenvalue weighted by molar-refractivity contribution is 7.91. The van der Waals surface area contributed by atoms with Crippen molar-refractivity contribution in [1.29, 1.82) is 0 Å². The number of nitrogens with one attached hydrogen (secondary N) is 1. The lowest BCUT2D eigenvalue weighted by Crippen LogP contribution is -2.25. The number of carbonyl (C=O) groups excluding carboxylic acids is 1. The Morgan fingerprint density at radius 1 is 1.00 bits per heavy atom. The zero-order chi connectivity index (χ0) is 18.6. The average Bonchev–Trinajstić information content (AvgIpc) is 2.54. The van der Waals surface area contributed by atoms with Crippen LogP contribution in [0.25, 0.3) is 0 Å². The number of anilines is 1. The van der Waals surface area contributed by atoms with Crippen molar-refractivity contribution in [3.63, 3.8) is 0 Å². The quantitative estimate of drug-likeness (QED) is 0.317. The number of benzene rings is 2. The van der Waals surface area contributed by atoms with Gasteiger partial charge in [0, 0.05) is 17.8 Å². The molecule has 0 radical (unpaired) electrons. The second-order valence-electron chi connectivity index (χ2n) is 4.75. The molecule has 0 atom stereocenters. The van der Waals surface area contributed by atoms with Gasteiger partial charge in [0.2, 0.25) is 9.84 Å². The van der Waals surface area contributed by atoms with E-state index in [0.717, 1.165) is 24.3 Å². The van der Waals surface area contributed by atoms with Crippen molar-refractivity contribution < 1.29 is 18.1 Å². The number of hydrogen-bond acceptors (Lipinski definition) is 5. The lowest BCUT2D eigenvalue weighted by Gasteiger charge is -2.06. The smallest absolute Gasteiger partial charge is 0.348 e. The zero-order valence-corrected chi connectivity index (χ0v) is 13.4. The molecule has 0 aliphatic heterocycles. The predicted molar refractivity (Wildman–Crippen MR) is 89.8 cm³/mol. The predicted octanol–water partition coefficient (Wildman–Crippen LogP) is 1.23. The molecule has 0 aliphatic carbocycles. The number of urea groups is 1. The molecule has 130 valence electrons. The number of aliphatic imine (C=N–C) groups is 1. The third-order valence-electron chi connectivity index (χ3n) is 3.00. The molecule has 0 unspecified atom stereocenters. The highest BCUT2D eigenvalue weighted by Crippen LogP contribution is 2.24. The van der Waals surface area contributed by atoms with Crippen LogP contribution < -0.4 is 16.8 Å². The van der Waals surface area contributed by atoms with Gasteiger partial charge in [-0.15, -0.1) is 0 Å². The van der Waals surface area contributed by atoms with Crippen LogP contribution in [0.1, 0.15) is 0 Å². The van der Waals surface area contributed by atoms with E-state index in [4.69, 9.17) is 11.5 Å². The Morgan fingerprint density at radius 2 is 1.48 bits per heavy atom. The van der Waals surface area contributed by atoms with E-state index in [1.54, 1.807) is 0 Å². The summed E-state index contributed by atoms with van der Waals surface area (Å²) in [5, 5.41) is 13.0. The van der Waals surface area contributed by atoms with Gasteiger partial charge in [-0.3, -0.25) is 10.1 Å². The maximum atomic E-state index is 12.5. The molecular weight excluding hydrogens is 350 g/mol. The summed E-state index contributed by atoms with van der Waals surface area (Å²) in [7, 11) is -3.85. The van der Waals surface area contributed by atoms with Gasteiger partial charge in [0.15, 0.2) is 5.96 Å². The van der Waals surface area contributed by atoms with E-state index in [-0.39, 0.29) is 21.2 Å². The van der Waals surface area contributed by atoms with E-state index in [2.05, 4.69) is 10.3 Å². The molecule has 25 heavy (non-hydrogen) atoms. The number of nitrogens with zero attached hydrogens (tertiary/aromatic N) is 2. The molecule has 11 heteroatoms. The number of nitro benzene ring substituents is 1. The number of non-ortho nitro benzene ring substituents is 1. The number of sulfone groups is 1. The van der Waals surface area contributed by atoms with Crippen LogP contribution in [0.2, 0.25) is 0 Å².